The lowest BCUT2D eigenvalue weighted by molar-refractivity contribution is -0.137. The Labute approximate surface area is 187 Å². The quantitative estimate of drug-likeness (QED) is 0.587. The maximum absolute atomic E-state index is 12.4. The van der Waals surface area contributed by atoms with Gasteiger partial charge in [-0.25, -0.2) is 4.79 Å². The van der Waals surface area contributed by atoms with Gasteiger partial charge >= 0.3 is 12.1 Å². The fraction of sp³-hybridized carbons (Fsp3) is 0.400. The van der Waals surface area contributed by atoms with Crippen molar-refractivity contribution in [2.75, 3.05) is 19.7 Å². The fourth-order valence-corrected chi connectivity index (χ4v) is 4.91. The summed E-state index contributed by atoms with van der Waals surface area (Å²) in [4.78, 5) is 35.4. The second-order valence-corrected chi connectivity index (χ2v) is 8.44. The summed E-state index contributed by atoms with van der Waals surface area (Å²) in [5, 5.41) is 14.2. The number of benzene rings is 2. The Morgan fingerprint density at radius 2 is 1.59 bits per heavy atom. The number of carboxylic acids is 1. The van der Waals surface area contributed by atoms with Crippen LogP contribution in [0.15, 0.2) is 48.5 Å². The molecule has 168 valence electrons. The zero-order valence-electron chi connectivity index (χ0n) is 17.9. The summed E-state index contributed by atoms with van der Waals surface area (Å²) < 4.78 is 5.57. The molecule has 0 aliphatic heterocycles. The number of hydrogen-bond acceptors (Lipinski definition) is 4. The molecule has 32 heavy (non-hydrogen) atoms. The van der Waals surface area contributed by atoms with Gasteiger partial charge in [0.05, 0.1) is 6.42 Å². The number of fused-ring (bicyclic) bond motifs is 3. The summed E-state index contributed by atoms with van der Waals surface area (Å²) in [6, 6.07) is 16.4. The van der Waals surface area contributed by atoms with Crippen LogP contribution in [0.3, 0.4) is 0 Å². The summed E-state index contributed by atoms with van der Waals surface area (Å²) in [6.45, 7) is 0.745. The van der Waals surface area contributed by atoms with E-state index in [-0.39, 0.29) is 43.2 Å². The second kappa shape index (κ2) is 9.85. The van der Waals surface area contributed by atoms with Gasteiger partial charge in [-0.05, 0) is 41.0 Å². The van der Waals surface area contributed by atoms with Gasteiger partial charge < -0.3 is 20.5 Å². The molecule has 0 heterocycles. The van der Waals surface area contributed by atoms with E-state index < -0.39 is 12.1 Å². The van der Waals surface area contributed by atoms with E-state index in [9.17, 15) is 14.4 Å². The highest BCUT2D eigenvalue weighted by molar-refractivity contribution is 5.80. The van der Waals surface area contributed by atoms with Gasteiger partial charge in [0.25, 0.3) is 0 Å². The highest BCUT2D eigenvalue weighted by Crippen LogP contribution is 2.44. The second-order valence-electron chi connectivity index (χ2n) is 8.44. The van der Waals surface area contributed by atoms with Crippen molar-refractivity contribution < 1.29 is 24.2 Å². The molecule has 2 amide bonds. The van der Waals surface area contributed by atoms with E-state index in [1.165, 1.54) is 11.1 Å². The molecule has 0 aromatic heterocycles. The lowest BCUT2D eigenvalue weighted by Crippen LogP contribution is -2.38. The number of amides is 2. The average molecular weight is 437 g/mol. The minimum Gasteiger partial charge on any atom is -0.481 e. The summed E-state index contributed by atoms with van der Waals surface area (Å²) in [6.07, 6.45) is 1.93. The monoisotopic (exact) mass is 436 g/mol. The maximum Gasteiger partial charge on any atom is 0.407 e. The van der Waals surface area contributed by atoms with Crippen molar-refractivity contribution in [3.05, 3.63) is 59.7 Å². The molecule has 0 unspecified atom stereocenters. The number of aliphatic carboxylic acids is 1. The molecule has 7 heteroatoms. The molecular formula is C25H28N2O5. The first-order chi connectivity index (χ1) is 15.5. The SMILES string of the molecule is O=C(O)CCNC(=O)[C@@H]1CCC[C@@H]1CNC(=O)OCC1c2ccccc2-c2ccccc21. The van der Waals surface area contributed by atoms with Crippen LogP contribution < -0.4 is 10.6 Å². The standard InChI is InChI=1S/C25H28N2O5/c28-23(29)12-13-26-24(30)17-11-5-6-16(17)14-27-25(31)32-15-22-20-9-3-1-7-18(20)19-8-2-4-10-21(19)22/h1-4,7-10,16-17,22H,5-6,11-15H2,(H,26,30)(H,27,31)(H,28,29)/t16-,17-/m1/s1. The summed E-state index contributed by atoms with van der Waals surface area (Å²) >= 11 is 0. The molecule has 1 fully saturated rings. The van der Waals surface area contributed by atoms with Gasteiger partial charge in [0.15, 0.2) is 0 Å². The van der Waals surface area contributed by atoms with Crippen LogP contribution in [0.5, 0.6) is 0 Å². The Morgan fingerprint density at radius 3 is 2.25 bits per heavy atom. The van der Waals surface area contributed by atoms with Crippen molar-refractivity contribution in [3.63, 3.8) is 0 Å². The van der Waals surface area contributed by atoms with Crippen LogP contribution in [-0.4, -0.2) is 42.8 Å². The Kier molecular flexibility index (Phi) is 6.73. The van der Waals surface area contributed by atoms with Crippen molar-refractivity contribution in [3.8, 4) is 11.1 Å². The van der Waals surface area contributed by atoms with E-state index in [1.807, 2.05) is 24.3 Å². The third kappa shape index (κ3) is 4.77. The lowest BCUT2D eigenvalue weighted by atomic mass is 9.95. The fourth-order valence-electron chi connectivity index (χ4n) is 4.91. The molecule has 2 aromatic carbocycles. The first-order valence-electron chi connectivity index (χ1n) is 11.1. The normalized spacial score (nSPS) is 19.1. The van der Waals surface area contributed by atoms with Crippen molar-refractivity contribution in [1.82, 2.24) is 10.6 Å². The van der Waals surface area contributed by atoms with Gasteiger partial charge in [-0.15, -0.1) is 0 Å². The van der Waals surface area contributed by atoms with Crippen LogP contribution >= 0.6 is 0 Å². The molecule has 3 N–H and O–H groups in total. The largest absolute Gasteiger partial charge is 0.481 e. The Balaban J connectivity index is 1.28. The number of nitrogens with one attached hydrogen (secondary N) is 2. The molecular weight excluding hydrogens is 408 g/mol. The van der Waals surface area contributed by atoms with Gasteiger partial charge in [-0.2, -0.15) is 0 Å². The predicted molar refractivity (Wildman–Crippen MR) is 119 cm³/mol. The first kappa shape index (κ1) is 21.9. The van der Waals surface area contributed by atoms with Crippen molar-refractivity contribution >= 4 is 18.0 Å². The van der Waals surface area contributed by atoms with Gasteiger partial charge in [-0.3, -0.25) is 9.59 Å². The highest BCUT2D eigenvalue weighted by Gasteiger charge is 2.33. The van der Waals surface area contributed by atoms with Crippen LogP contribution in [0, 0.1) is 11.8 Å². The molecule has 0 spiro atoms. The predicted octanol–water partition coefficient (Wildman–Crippen LogP) is 3.53. The zero-order valence-corrected chi connectivity index (χ0v) is 17.9. The molecule has 2 aliphatic carbocycles. The van der Waals surface area contributed by atoms with Gasteiger partial charge in [0.2, 0.25) is 5.91 Å². The van der Waals surface area contributed by atoms with E-state index in [1.54, 1.807) is 0 Å². The molecule has 2 aromatic rings. The number of carboxylic acid groups (broad SMARTS) is 1. The number of rotatable bonds is 8. The Bertz CT molecular complexity index is 960. The average Bonchev–Trinajstić information content (AvgIpc) is 3.39. The number of carbonyl (C=O) groups is 3. The van der Waals surface area contributed by atoms with Crippen molar-refractivity contribution in [2.24, 2.45) is 11.8 Å². The maximum atomic E-state index is 12.4. The molecule has 0 radical (unpaired) electrons. The minimum atomic E-state index is -0.940. The molecule has 2 atom stereocenters. The smallest absolute Gasteiger partial charge is 0.407 e. The molecule has 7 nitrogen and oxygen atoms in total. The van der Waals surface area contributed by atoms with Gasteiger partial charge in [-0.1, -0.05) is 55.0 Å². The van der Waals surface area contributed by atoms with Gasteiger partial charge in [0.1, 0.15) is 6.61 Å². The van der Waals surface area contributed by atoms with Crippen LogP contribution in [0.2, 0.25) is 0 Å². The van der Waals surface area contributed by atoms with E-state index in [0.717, 1.165) is 30.4 Å². The van der Waals surface area contributed by atoms with Crippen molar-refractivity contribution in [2.45, 2.75) is 31.6 Å². The number of hydrogen-bond donors (Lipinski definition) is 3. The number of carbonyl (C=O) groups excluding carboxylic acids is 2. The Hall–Kier alpha value is -3.35. The van der Waals surface area contributed by atoms with Crippen molar-refractivity contribution in [1.29, 1.82) is 0 Å². The third-order valence-corrected chi connectivity index (χ3v) is 6.49. The summed E-state index contributed by atoms with van der Waals surface area (Å²) in [5.74, 6) is -1.25. The van der Waals surface area contributed by atoms with E-state index in [0.29, 0.717) is 6.54 Å². The number of ether oxygens (including phenoxy) is 1. The molecule has 4 rings (SSSR count). The molecule has 0 bridgehead atoms. The minimum absolute atomic E-state index is 0.00684. The van der Waals surface area contributed by atoms with Crippen LogP contribution in [-0.2, 0) is 14.3 Å². The third-order valence-electron chi connectivity index (χ3n) is 6.49. The first-order valence-corrected chi connectivity index (χ1v) is 11.1. The van der Waals surface area contributed by atoms with E-state index in [2.05, 4.69) is 34.9 Å². The lowest BCUT2D eigenvalue weighted by Gasteiger charge is -2.20. The van der Waals surface area contributed by atoms with Crippen LogP contribution in [0.1, 0.15) is 42.7 Å². The molecule has 2 aliphatic rings. The summed E-state index contributed by atoms with van der Waals surface area (Å²) in [7, 11) is 0. The van der Waals surface area contributed by atoms with Crippen LogP contribution in [0.25, 0.3) is 11.1 Å². The van der Waals surface area contributed by atoms with E-state index >= 15 is 0 Å². The van der Waals surface area contributed by atoms with Crippen LogP contribution in [0.4, 0.5) is 4.79 Å². The molecule has 0 saturated heterocycles. The zero-order chi connectivity index (χ0) is 22.5. The molecule has 1 saturated carbocycles. The Morgan fingerprint density at radius 1 is 0.938 bits per heavy atom. The topological polar surface area (TPSA) is 105 Å². The van der Waals surface area contributed by atoms with E-state index in [4.69, 9.17) is 9.84 Å². The summed E-state index contributed by atoms with van der Waals surface area (Å²) in [5.41, 5.74) is 4.69. The number of alkyl carbamates (subject to hydrolysis) is 1. The van der Waals surface area contributed by atoms with Gasteiger partial charge in [0, 0.05) is 24.9 Å². The highest BCUT2D eigenvalue weighted by atomic mass is 16.5.